The van der Waals surface area contributed by atoms with Crippen LogP contribution in [-0.4, -0.2) is 14.7 Å². The predicted molar refractivity (Wildman–Crippen MR) is 49.2 cm³/mol. The lowest BCUT2D eigenvalue weighted by Gasteiger charge is -2.00. The Kier molecular flexibility index (Phi) is 3.41. The van der Waals surface area contributed by atoms with Crippen LogP contribution in [-0.2, 0) is 12.7 Å². The number of alkyl halides is 3. The average molecular weight is 258 g/mol. The van der Waals surface area contributed by atoms with E-state index in [2.05, 4.69) is 5.10 Å². The maximum atomic E-state index is 12.4. The smallest absolute Gasteiger partial charge is 0.258 e. The largest absolute Gasteiger partial charge is 0.442 e. The van der Waals surface area contributed by atoms with Gasteiger partial charge >= 0.3 is 11.9 Å². The van der Waals surface area contributed by atoms with Crippen LogP contribution in [0, 0.1) is 10.1 Å². The number of nitrogens with zero attached hydrogens (tertiary/aromatic N) is 3. The Balaban J connectivity index is 3.37. The average Bonchev–Trinajstić information content (AvgIpc) is 2.44. The molecule has 0 radical (unpaired) electrons. The lowest BCUT2D eigenvalue weighted by molar-refractivity contribution is -0.388. The second-order valence-corrected chi connectivity index (χ2v) is 3.32. The molecule has 0 fully saturated rings. The third-order valence-corrected chi connectivity index (χ3v) is 2.13. The number of rotatable bonds is 3. The van der Waals surface area contributed by atoms with E-state index in [1.165, 1.54) is 0 Å². The van der Waals surface area contributed by atoms with Crippen molar-refractivity contribution >= 4 is 17.3 Å². The van der Waals surface area contributed by atoms with Crippen molar-refractivity contribution in [2.75, 3.05) is 0 Å². The fourth-order valence-corrected chi connectivity index (χ4v) is 1.43. The standard InChI is InChI=1S/C7H7ClF3N3O2/c1-2-3-13-6(8)4(14(15)16)5(12-13)7(9,10)11/h2-3H2,1H3. The Labute approximate surface area is 93.0 Å². The van der Waals surface area contributed by atoms with Crippen molar-refractivity contribution in [2.45, 2.75) is 26.1 Å². The zero-order chi connectivity index (χ0) is 12.5. The summed E-state index contributed by atoms with van der Waals surface area (Å²) in [7, 11) is 0. The van der Waals surface area contributed by atoms with Gasteiger partial charge < -0.3 is 0 Å². The summed E-state index contributed by atoms with van der Waals surface area (Å²) in [5, 5.41) is 13.0. The van der Waals surface area contributed by atoms with Crippen molar-refractivity contribution in [3.8, 4) is 0 Å². The molecule has 16 heavy (non-hydrogen) atoms. The quantitative estimate of drug-likeness (QED) is 0.618. The van der Waals surface area contributed by atoms with Crippen LogP contribution in [0.1, 0.15) is 19.0 Å². The fraction of sp³-hybridized carbons (Fsp3) is 0.571. The third kappa shape index (κ3) is 2.26. The van der Waals surface area contributed by atoms with Crippen LogP contribution in [0.4, 0.5) is 18.9 Å². The minimum atomic E-state index is -4.88. The van der Waals surface area contributed by atoms with Gasteiger partial charge in [-0.25, -0.2) is 4.68 Å². The summed E-state index contributed by atoms with van der Waals surface area (Å²) in [6.45, 7) is 1.78. The minimum absolute atomic E-state index is 0.0930. The Bertz CT molecular complexity index is 416. The summed E-state index contributed by atoms with van der Waals surface area (Å²) in [6.07, 6.45) is -4.42. The van der Waals surface area contributed by atoms with Gasteiger partial charge in [-0.2, -0.15) is 18.3 Å². The lowest BCUT2D eigenvalue weighted by Crippen LogP contribution is -2.09. The molecule has 9 heteroatoms. The van der Waals surface area contributed by atoms with Crippen molar-refractivity contribution in [3.63, 3.8) is 0 Å². The van der Waals surface area contributed by atoms with Gasteiger partial charge in [0.15, 0.2) is 0 Å². The summed E-state index contributed by atoms with van der Waals surface area (Å²) in [6, 6.07) is 0. The normalized spacial score (nSPS) is 11.8. The van der Waals surface area contributed by atoms with E-state index in [4.69, 9.17) is 11.6 Å². The van der Waals surface area contributed by atoms with Crippen LogP contribution >= 0.6 is 11.6 Å². The molecule has 0 spiro atoms. The van der Waals surface area contributed by atoms with Gasteiger partial charge in [-0.3, -0.25) is 10.1 Å². The first kappa shape index (κ1) is 12.8. The lowest BCUT2D eigenvalue weighted by atomic mass is 10.4. The monoisotopic (exact) mass is 257 g/mol. The first-order valence-electron chi connectivity index (χ1n) is 4.27. The van der Waals surface area contributed by atoms with Crippen molar-refractivity contribution in [1.82, 2.24) is 9.78 Å². The predicted octanol–water partition coefficient (Wildman–Crippen LogP) is 2.87. The zero-order valence-electron chi connectivity index (χ0n) is 8.08. The number of aromatic nitrogens is 2. The molecule has 0 aliphatic carbocycles. The molecular weight excluding hydrogens is 251 g/mol. The van der Waals surface area contributed by atoms with E-state index >= 15 is 0 Å². The number of hydrogen-bond acceptors (Lipinski definition) is 3. The summed E-state index contributed by atoms with van der Waals surface area (Å²) < 4.78 is 38.0. The Morgan fingerprint density at radius 2 is 2.12 bits per heavy atom. The van der Waals surface area contributed by atoms with Crippen molar-refractivity contribution in [2.24, 2.45) is 0 Å². The highest BCUT2D eigenvalue weighted by Crippen LogP contribution is 2.39. The molecule has 1 aromatic heterocycles. The van der Waals surface area contributed by atoms with Gasteiger partial charge in [0.25, 0.3) is 0 Å². The van der Waals surface area contributed by atoms with E-state index in [0.29, 0.717) is 6.42 Å². The van der Waals surface area contributed by atoms with Crippen LogP contribution in [0.3, 0.4) is 0 Å². The maximum absolute atomic E-state index is 12.4. The fourth-order valence-electron chi connectivity index (χ4n) is 1.14. The summed E-state index contributed by atoms with van der Waals surface area (Å²) in [4.78, 5) is 9.30. The summed E-state index contributed by atoms with van der Waals surface area (Å²) in [5.74, 6) is 0. The van der Waals surface area contributed by atoms with E-state index in [-0.39, 0.29) is 6.54 Å². The zero-order valence-corrected chi connectivity index (χ0v) is 8.84. The highest BCUT2D eigenvalue weighted by molar-refractivity contribution is 6.31. The molecule has 0 saturated heterocycles. The molecule has 1 rings (SSSR count). The third-order valence-electron chi connectivity index (χ3n) is 1.75. The topological polar surface area (TPSA) is 61.0 Å². The molecule has 0 N–H and O–H groups in total. The van der Waals surface area contributed by atoms with Gasteiger partial charge in [0.1, 0.15) is 0 Å². The van der Waals surface area contributed by atoms with Gasteiger partial charge in [-0.1, -0.05) is 18.5 Å². The van der Waals surface area contributed by atoms with E-state index in [0.717, 1.165) is 4.68 Å². The SMILES string of the molecule is CCCn1nc(C(F)(F)F)c([N+](=O)[O-])c1Cl. The van der Waals surface area contributed by atoms with Crippen LogP contribution in [0.15, 0.2) is 0 Å². The molecule has 0 aliphatic heterocycles. The molecule has 1 heterocycles. The second-order valence-electron chi connectivity index (χ2n) is 2.97. The second kappa shape index (κ2) is 4.28. The summed E-state index contributed by atoms with van der Waals surface area (Å²) in [5.41, 5.74) is -2.75. The number of nitro groups is 1. The molecule has 0 bridgehead atoms. The molecule has 90 valence electrons. The molecule has 0 amide bonds. The first-order chi connectivity index (χ1) is 7.29. The van der Waals surface area contributed by atoms with E-state index in [9.17, 15) is 23.3 Å². The van der Waals surface area contributed by atoms with Crippen LogP contribution in [0.2, 0.25) is 5.15 Å². The molecule has 0 aromatic carbocycles. The highest BCUT2D eigenvalue weighted by Gasteiger charge is 2.44. The van der Waals surface area contributed by atoms with Gasteiger partial charge in [0.2, 0.25) is 10.8 Å². The van der Waals surface area contributed by atoms with E-state index in [1.807, 2.05) is 0 Å². The van der Waals surface area contributed by atoms with Crippen molar-refractivity contribution < 1.29 is 18.1 Å². The Morgan fingerprint density at radius 3 is 2.44 bits per heavy atom. The van der Waals surface area contributed by atoms with Crippen molar-refractivity contribution in [3.05, 3.63) is 21.0 Å². The Morgan fingerprint density at radius 1 is 1.56 bits per heavy atom. The van der Waals surface area contributed by atoms with Gasteiger partial charge in [-0.05, 0) is 6.42 Å². The van der Waals surface area contributed by atoms with E-state index < -0.39 is 27.6 Å². The molecule has 0 unspecified atom stereocenters. The van der Waals surface area contributed by atoms with Crippen molar-refractivity contribution in [1.29, 1.82) is 0 Å². The molecule has 1 aromatic rings. The van der Waals surface area contributed by atoms with Crippen LogP contribution in [0.25, 0.3) is 0 Å². The molecule has 0 atom stereocenters. The van der Waals surface area contributed by atoms with Crippen LogP contribution < -0.4 is 0 Å². The van der Waals surface area contributed by atoms with Gasteiger partial charge in [0.05, 0.1) is 4.92 Å². The maximum Gasteiger partial charge on any atom is 0.442 e. The number of halogens is 4. The molecule has 0 aliphatic rings. The van der Waals surface area contributed by atoms with Gasteiger partial charge in [0, 0.05) is 6.54 Å². The van der Waals surface area contributed by atoms with E-state index in [1.54, 1.807) is 6.92 Å². The Hall–Kier alpha value is -1.31. The highest BCUT2D eigenvalue weighted by atomic mass is 35.5. The van der Waals surface area contributed by atoms with Crippen LogP contribution in [0.5, 0.6) is 0 Å². The first-order valence-corrected chi connectivity index (χ1v) is 4.64. The van der Waals surface area contributed by atoms with Gasteiger partial charge in [-0.15, -0.1) is 0 Å². The molecular formula is C7H7ClF3N3O2. The molecule has 5 nitrogen and oxygen atoms in total. The molecule has 0 saturated carbocycles. The summed E-state index contributed by atoms with van der Waals surface area (Å²) >= 11 is 5.47. The number of aryl methyl sites for hydroxylation is 1. The minimum Gasteiger partial charge on any atom is -0.258 e. The number of hydrogen-bond donors (Lipinski definition) is 0.